The third-order valence-electron chi connectivity index (χ3n) is 8.89. The standard InChI is InChI=1S/C16H18N4OS.C13H16N2O2.C7H6N2.C6H11BrO2.C3H4N2S.BH.U/c1-11(2)9-14(15(21)18-16-17-7-8-22-16)20-10-12-5-3-4-6-13(12)19-20;1-9(2)7-12(13(16)17)15-8-10-5-3-4-6-11(10)14-15;1-2-4-7-6(3-1)5-8-9-7;1-4(2)3-5(7)6(8)9;4-3-5-1-2-6-3;;/h3-8,10-11,14H,9H2,1-2H3,(H,17,18,21);3-6,8-9,12H,7H2,1-2H3,(H,16,17);1-5H,(H,8,9);4-5H,3H2,1-2H3,(H,8,9);1-2H,(H2,4,5);1H;/i;;;;;1T;. The topological polar surface area (TPSA) is 220 Å². The number of nitrogens with zero attached hydrogens (tertiary/aromatic N) is 7. The Balaban J connectivity index is 0.000000300. The summed E-state index contributed by atoms with van der Waals surface area (Å²) in [7, 11) is 3.75. The summed E-state index contributed by atoms with van der Waals surface area (Å²) in [6, 6.07) is 22.6. The summed E-state index contributed by atoms with van der Waals surface area (Å²) in [6.07, 6.45) is 10.9. The Morgan fingerprint density at radius 2 is 1.23 bits per heavy atom. The van der Waals surface area contributed by atoms with E-state index in [9.17, 15) is 19.5 Å². The van der Waals surface area contributed by atoms with E-state index in [0.717, 1.165) is 39.1 Å². The van der Waals surface area contributed by atoms with E-state index in [0.29, 0.717) is 40.9 Å². The molecule has 0 bridgehead atoms. The Kier molecular flexibility index (Phi) is 24.2. The number of aliphatic carboxylic acids is 2. The molecule has 0 aliphatic heterocycles. The number of amides is 1. The van der Waals surface area contributed by atoms with Gasteiger partial charge in [0.25, 0.3) is 5.91 Å². The Morgan fingerprint density at radius 3 is 1.65 bits per heavy atom. The number of aromatic nitrogens is 8. The summed E-state index contributed by atoms with van der Waals surface area (Å²) in [5, 5.41) is 44.2. The number of carboxylic acid groups (broad SMARTS) is 2. The Bertz CT molecular complexity index is 2500. The van der Waals surface area contributed by atoms with Crippen LogP contribution in [0.5, 0.6) is 0 Å². The molecule has 5 aromatic heterocycles. The van der Waals surface area contributed by atoms with Crippen molar-refractivity contribution in [3.63, 3.8) is 0 Å². The maximum absolute atomic E-state index is 12.6. The van der Waals surface area contributed by atoms with Crippen LogP contribution < -0.4 is 11.1 Å². The average molecular weight is 1210 g/mol. The van der Waals surface area contributed by atoms with Crippen LogP contribution in [0.2, 0.25) is 0 Å². The van der Waals surface area contributed by atoms with Gasteiger partial charge in [0.1, 0.15) is 16.9 Å². The van der Waals surface area contributed by atoms with E-state index in [1.807, 2.05) is 124 Å². The molecule has 3 aromatic carbocycles. The fourth-order valence-corrected chi connectivity index (χ4v) is 7.60. The van der Waals surface area contributed by atoms with E-state index in [2.05, 4.69) is 73.8 Å². The molecule has 0 saturated heterocycles. The number of rotatable bonds is 12. The van der Waals surface area contributed by atoms with E-state index in [-0.39, 0.29) is 47.9 Å². The van der Waals surface area contributed by atoms with Crippen molar-refractivity contribution in [3.8, 4) is 0 Å². The number of nitrogens with two attached hydrogens (primary N) is 1. The molecule has 6 N–H and O–H groups in total. The Hall–Kier alpha value is -4.86. The number of hydrogen-bond acceptors (Lipinski definition) is 11. The Morgan fingerprint density at radius 1 is 0.738 bits per heavy atom. The summed E-state index contributed by atoms with van der Waals surface area (Å²) in [5.74, 6) is -0.528. The number of nitrogens with one attached hydrogen (secondary N) is 2. The van der Waals surface area contributed by atoms with Gasteiger partial charge in [-0.05, 0) is 56.6 Å². The third-order valence-corrected chi connectivity index (χ3v) is 10.9. The van der Waals surface area contributed by atoms with Gasteiger partial charge in [-0.25, -0.2) is 14.8 Å². The maximum atomic E-state index is 12.6. The second-order valence-corrected chi connectivity index (χ2v) is 18.5. The van der Waals surface area contributed by atoms with Crippen molar-refractivity contribution in [2.45, 2.75) is 77.7 Å². The second-order valence-electron chi connectivity index (χ2n) is 15.6. The molecular formula is C45H56BBrN10O5S2U. The quantitative estimate of drug-likeness (QED) is 0.0572. The molecule has 2 radical (unpaired) electrons. The molecule has 0 fully saturated rings. The van der Waals surface area contributed by atoms with Crippen LogP contribution in [0.1, 0.15) is 72.9 Å². The van der Waals surface area contributed by atoms with Crippen molar-refractivity contribution < 1.29 is 55.7 Å². The number of alkyl halides is 1. The van der Waals surface area contributed by atoms with Gasteiger partial charge in [0.2, 0.25) is 0 Å². The number of aromatic amines is 1. The number of carboxylic acids is 2. The smallest absolute Gasteiger partial charge is 0.328 e. The fourth-order valence-electron chi connectivity index (χ4n) is 5.94. The van der Waals surface area contributed by atoms with Gasteiger partial charge in [-0.3, -0.25) is 24.1 Å². The van der Waals surface area contributed by atoms with Crippen LogP contribution in [-0.2, 0) is 14.4 Å². The van der Waals surface area contributed by atoms with E-state index < -0.39 is 18.0 Å². The summed E-state index contributed by atoms with van der Waals surface area (Å²) in [4.78, 5) is 41.5. The molecule has 20 heteroatoms. The first-order valence-corrected chi connectivity index (χ1v) is 23.0. The molecule has 65 heavy (non-hydrogen) atoms. The van der Waals surface area contributed by atoms with Gasteiger partial charge in [-0.2, -0.15) is 15.3 Å². The number of para-hydroxylation sites is 1. The number of H-pyrrole nitrogens is 1. The van der Waals surface area contributed by atoms with Crippen molar-refractivity contribution in [1.29, 1.82) is 1.34 Å². The van der Waals surface area contributed by atoms with Crippen LogP contribution in [0, 0.1) is 48.9 Å². The van der Waals surface area contributed by atoms with Gasteiger partial charge >= 0.3 is 11.9 Å². The zero-order valence-corrected chi connectivity index (χ0v) is 44.5. The molecule has 0 saturated carbocycles. The first-order valence-electron chi connectivity index (χ1n) is 20.9. The van der Waals surface area contributed by atoms with Crippen LogP contribution in [0.25, 0.3) is 32.7 Å². The molecule has 15 nitrogen and oxygen atoms in total. The number of nitrogen functional groups attached to an aromatic ring is 1. The molecule has 0 spiro atoms. The number of anilines is 2. The molecule has 8 rings (SSSR count). The summed E-state index contributed by atoms with van der Waals surface area (Å²) < 4.78 is 8.58. The molecule has 3 atom stereocenters. The van der Waals surface area contributed by atoms with Crippen LogP contribution in [-0.4, -0.2) is 82.3 Å². The molecule has 0 aliphatic rings. The zero-order chi connectivity index (χ0) is 47.9. The molecule has 0 aliphatic carbocycles. The first kappa shape index (κ1) is 54.5. The van der Waals surface area contributed by atoms with Crippen molar-refractivity contribution >= 4 is 108 Å². The number of hydrogen-bond donors (Lipinski definition) is 5. The van der Waals surface area contributed by atoms with E-state index in [1.165, 1.54) is 22.7 Å². The van der Waals surface area contributed by atoms with E-state index in [1.54, 1.807) is 28.0 Å². The summed E-state index contributed by atoms with van der Waals surface area (Å²) in [6.45, 7) is 12.2. The molecular weight excluding hydrogens is 1150 g/mol. The largest absolute Gasteiger partial charge is 0.480 e. The van der Waals surface area contributed by atoms with Gasteiger partial charge in [0.15, 0.2) is 10.3 Å². The van der Waals surface area contributed by atoms with Crippen LogP contribution in [0.4, 0.5) is 10.3 Å². The second kappa shape index (κ2) is 28.9. The minimum atomic E-state index is -0.827. The van der Waals surface area contributed by atoms with Crippen LogP contribution >= 0.6 is 38.6 Å². The van der Waals surface area contributed by atoms with Gasteiger partial charge < -0.3 is 21.3 Å². The van der Waals surface area contributed by atoms with Crippen molar-refractivity contribution in [1.82, 2.24) is 39.7 Å². The molecule has 342 valence electrons. The summed E-state index contributed by atoms with van der Waals surface area (Å²) in [5.41, 5.74) is 8.02. The minimum Gasteiger partial charge on any atom is -0.480 e. The molecule has 1 amide bonds. The molecule has 8 aromatic rings. The number of benzene rings is 3. The first-order chi connectivity index (χ1) is 31.1. The number of fused-ring (bicyclic) bond motifs is 3. The number of thiazole rings is 2. The van der Waals surface area contributed by atoms with Gasteiger partial charge in [0.05, 0.1) is 22.7 Å². The number of carbonyl (C=O) groups excluding carboxylic acids is 1. The fraction of sp³-hybridized carbons (Fsp3) is 0.333. The third kappa shape index (κ3) is 19.3. The monoisotopic (exact) mass is 1210 g/mol. The van der Waals surface area contributed by atoms with Crippen molar-refractivity contribution in [2.24, 2.45) is 17.8 Å². The predicted molar refractivity (Wildman–Crippen MR) is 264 cm³/mol. The number of carbonyl (C=O) groups is 3. The SMILES string of the molecule is CC(C)CC(Br)C(=O)O.CC(C)CC(C(=O)Nc1nccs1)n1cc2ccccc2n1.CC(C)CC(C(=O)O)n1cc2ccccc2n1.Nc1nccs1.[3H][B].[U].c1ccc2[nH]ncc2c1. The predicted octanol–water partition coefficient (Wildman–Crippen LogP) is 9.95. The molecule has 5 heterocycles. The normalized spacial score (nSPS) is 11.9. The molecule has 3 unspecified atom stereocenters. The Labute approximate surface area is 422 Å². The minimum absolute atomic E-state index is 0. The van der Waals surface area contributed by atoms with E-state index in [4.69, 9.17) is 12.2 Å². The average Bonchev–Trinajstić information content (AvgIpc) is 4.14. The van der Waals surface area contributed by atoms with Crippen molar-refractivity contribution in [3.05, 3.63) is 115 Å². The van der Waals surface area contributed by atoms with Gasteiger partial charge in [-0.15, -0.1) is 22.7 Å². The van der Waals surface area contributed by atoms with Crippen LogP contribution in [0.3, 0.4) is 0 Å². The van der Waals surface area contributed by atoms with Crippen molar-refractivity contribution in [2.75, 3.05) is 11.1 Å². The van der Waals surface area contributed by atoms with Gasteiger partial charge in [0, 0.05) is 91.2 Å². The maximum Gasteiger partial charge on any atom is 0.328 e. The summed E-state index contributed by atoms with van der Waals surface area (Å²) >= 11 is 5.90. The van der Waals surface area contributed by atoms with Gasteiger partial charge in [-0.1, -0.05) is 112 Å². The van der Waals surface area contributed by atoms with E-state index >= 15 is 0 Å². The van der Waals surface area contributed by atoms with Crippen LogP contribution in [0.15, 0.2) is 115 Å². The number of halogens is 1. The zero-order valence-electron chi connectivity index (χ0n) is 38.2.